The molecule has 2 amide bonds. The van der Waals surface area contributed by atoms with Crippen LogP contribution in [0.3, 0.4) is 0 Å². The van der Waals surface area contributed by atoms with E-state index in [4.69, 9.17) is 4.74 Å². The third-order valence-corrected chi connectivity index (χ3v) is 6.46. The summed E-state index contributed by atoms with van der Waals surface area (Å²) < 4.78 is 31.6. The number of likely N-dealkylation sites (tertiary alicyclic amines) is 1. The number of sulfonamides is 1. The van der Waals surface area contributed by atoms with Crippen molar-refractivity contribution in [1.29, 1.82) is 0 Å². The largest absolute Gasteiger partial charge is 0.466 e. The van der Waals surface area contributed by atoms with Gasteiger partial charge in [-0.2, -0.15) is 0 Å². The number of piperidine rings is 1. The zero-order valence-electron chi connectivity index (χ0n) is 17.9. The van der Waals surface area contributed by atoms with Gasteiger partial charge in [-0.15, -0.1) is 6.58 Å². The molecular formula is C21H29N3O6S. The lowest BCUT2D eigenvalue weighted by atomic mass is 9.97. The maximum absolute atomic E-state index is 12.6. The summed E-state index contributed by atoms with van der Waals surface area (Å²) in [6.07, 6.45) is 2.51. The summed E-state index contributed by atoms with van der Waals surface area (Å²) in [6.45, 7) is 6.43. The van der Waals surface area contributed by atoms with Gasteiger partial charge in [-0.1, -0.05) is 6.08 Å². The average Bonchev–Trinajstić information content (AvgIpc) is 2.77. The second-order valence-electron chi connectivity index (χ2n) is 7.23. The lowest BCUT2D eigenvalue weighted by Crippen LogP contribution is -2.45. The molecule has 31 heavy (non-hydrogen) atoms. The van der Waals surface area contributed by atoms with Gasteiger partial charge in [0, 0.05) is 32.2 Å². The van der Waals surface area contributed by atoms with Gasteiger partial charge < -0.3 is 14.5 Å². The van der Waals surface area contributed by atoms with Crippen LogP contribution in [0, 0.1) is 5.92 Å². The number of carbonyl (C=O) groups is 3. The lowest BCUT2D eigenvalue weighted by molar-refractivity contribution is -0.151. The first-order valence-electron chi connectivity index (χ1n) is 10.1. The first kappa shape index (κ1) is 24.5. The van der Waals surface area contributed by atoms with E-state index in [1.165, 1.54) is 42.3 Å². The standard InChI is InChI=1S/C21H29N3O6S/c1-4-12-22-31(28,29)18-8-6-16(7-9-18)20(26)23(3)15-19(25)24-13-10-17(11-14-24)21(27)30-5-2/h4,6-9,17,22H,1,5,10-15H2,2-3H3. The van der Waals surface area contributed by atoms with Gasteiger partial charge in [0.25, 0.3) is 5.91 Å². The van der Waals surface area contributed by atoms with Crippen LogP contribution in [0.15, 0.2) is 41.8 Å². The van der Waals surface area contributed by atoms with Crippen molar-refractivity contribution in [2.24, 2.45) is 5.92 Å². The van der Waals surface area contributed by atoms with Crippen molar-refractivity contribution < 1.29 is 27.5 Å². The molecule has 1 heterocycles. The van der Waals surface area contributed by atoms with Crippen molar-refractivity contribution in [3.63, 3.8) is 0 Å². The summed E-state index contributed by atoms with van der Waals surface area (Å²) in [6, 6.07) is 5.51. The minimum Gasteiger partial charge on any atom is -0.466 e. The zero-order valence-corrected chi connectivity index (χ0v) is 18.7. The monoisotopic (exact) mass is 451 g/mol. The van der Waals surface area contributed by atoms with Gasteiger partial charge in [0.1, 0.15) is 0 Å². The highest BCUT2D eigenvalue weighted by Crippen LogP contribution is 2.19. The fourth-order valence-electron chi connectivity index (χ4n) is 3.25. The fourth-order valence-corrected chi connectivity index (χ4v) is 4.25. The highest BCUT2D eigenvalue weighted by Gasteiger charge is 2.29. The number of likely N-dealkylation sites (N-methyl/N-ethyl adjacent to an activating group) is 1. The summed E-state index contributed by atoms with van der Waals surface area (Å²) in [7, 11) is -2.16. The Morgan fingerprint density at radius 1 is 1.23 bits per heavy atom. The molecule has 10 heteroatoms. The van der Waals surface area contributed by atoms with Crippen molar-refractivity contribution in [2.75, 3.05) is 39.8 Å². The Morgan fingerprint density at radius 2 is 1.84 bits per heavy atom. The number of hydrogen-bond donors (Lipinski definition) is 1. The predicted octanol–water partition coefficient (Wildman–Crippen LogP) is 1.02. The molecule has 1 aliphatic rings. The Labute approximate surface area is 183 Å². The molecule has 0 aliphatic carbocycles. The van der Waals surface area contributed by atoms with E-state index < -0.39 is 15.9 Å². The van der Waals surface area contributed by atoms with Crippen LogP contribution in [-0.4, -0.2) is 75.8 Å². The van der Waals surface area contributed by atoms with E-state index in [1.54, 1.807) is 11.8 Å². The van der Waals surface area contributed by atoms with Crippen LogP contribution < -0.4 is 4.72 Å². The Balaban J connectivity index is 1.91. The second-order valence-corrected chi connectivity index (χ2v) is 9.00. The molecule has 0 spiro atoms. The van der Waals surface area contributed by atoms with Crippen LogP contribution in [-0.2, 0) is 24.3 Å². The van der Waals surface area contributed by atoms with Crippen LogP contribution in [0.5, 0.6) is 0 Å². The molecule has 0 radical (unpaired) electrons. The molecule has 9 nitrogen and oxygen atoms in total. The summed E-state index contributed by atoms with van der Waals surface area (Å²) >= 11 is 0. The number of ether oxygens (including phenoxy) is 1. The van der Waals surface area contributed by atoms with E-state index in [9.17, 15) is 22.8 Å². The number of rotatable bonds is 9. The first-order valence-corrected chi connectivity index (χ1v) is 11.6. The number of amides is 2. The van der Waals surface area contributed by atoms with Crippen LogP contribution in [0.1, 0.15) is 30.1 Å². The van der Waals surface area contributed by atoms with E-state index in [2.05, 4.69) is 11.3 Å². The third-order valence-electron chi connectivity index (χ3n) is 5.02. The number of hydrogen-bond acceptors (Lipinski definition) is 6. The maximum Gasteiger partial charge on any atom is 0.309 e. The summed E-state index contributed by atoms with van der Waals surface area (Å²) in [5, 5.41) is 0. The molecule has 1 aromatic carbocycles. The van der Waals surface area contributed by atoms with E-state index in [0.29, 0.717) is 32.5 Å². The van der Waals surface area contributed by atoms with Crippen LogP contribution in [0.4, 0.5) is 0 Å². The van der Waals surface area contributed by atoms with Crippen LogP contribution >= 0.6 is 0 Å². The maximum atomic E-state index is 12.6. The average molecular weight is 452 g/mol. The SMILES string of the molecule is C=CCNS(=O)(=O)c1ccc(C(=O)N(C)CC(=O)N2CCC(C(=O)OCC)CC2)cc1. The normalized spacial score (nSPS) is 14.7. The van der Waals surface area contributed by atoms with Gasteiger partial charge in [0.15, 0.2) is 0 Å². The first-order chi connectivity index (χ1) is 14.7. The molecule has 0 bridgehead atoms. The van der Waals surface area contributed by atoms with E-state index in [0.717, 1.165) is 0 Å². The predicted molar refractivity (Wildman–Crippen MR) is 115 cm³/mol. The van der Waals surface area contributed by atoms with E-state index >= 15 is 0 Å². The van der Waals surface area contributed by atoms with Crippen molar-refractivity contribution in [3.05, 3.63) is 42.5 Å². The highest BCUT2D eigenvalue weighted by atomic mass is 32.2. The number of benzene rings is 1. The lowest BCUT2D eigenvalue weighted by Gasteiger charge is -2.32. The number of esters is 1. The highest BCUT2D eigenvalue weighted by molar-refractivity contribution is 7.89. The number of carbonyl (C=O) groups excluding carboxylic acids is 3. The van der Waals surface area contributed by atoms with Crippen molar-refractivity contribution in [1.82, 2.24) is 14.5 Å². The van der Waals surface area contributed by atoms with Gasteiger partial charge in [0.2, 0.25) is 15.9 Å². The Hall–Kier alpha value is -2.72. The van der Waals surface area contributed by atoms with Gasteiger partial charge in [0.05, 0.1) is 24.0 Å². The van der Waals surface area contributed by atoms with Crippen LogP contribution in [0.2, 0.25) is 0 Å². The van der Waals surface area contributed by atoms with E-state index in [1.807, 2.05) is 0 Å². The molecule has 0 atom stereocenters. The van der Waals surface area contributed by atoms with Gasteiger partial charge in [-0.3, -0.25) is 14.4 Å². The molecule has 0 unspecified atom stereocenters. The minimum absolute atomic E-state index is 0.0362. The van der Waals surface area contributed by atoms with Gasteiger partial charge in [-0.25, -0.2) is 13.1 Å². The van der Waals surface area contributed by atoms with Crippen molar-refractivity contribution >= 4 is 27.8 Å². The Bertz CT molecular complexity index is 906. The second kappa shape index (κ2) is 11.1. The quantitative estimate of drug-likeness (QED) is 0.443. The van der Waals surface area contributed by atoms with Gasteiger partial charge in [-0.05, 0) is 44.0 Å². The van der Waals surface area contributed by atoms with Crippen molar-refractivity contribution in [3.8, 4) is 0 Å². The molecular weight excluding hydrogens is 422 g/mol. The zero-order chi connectivity index (χ0) is 23.0. The van der Waals surface area contributed by atoms with Crippen molar-refractivity contribution in [2.45, 2.75) is 24.7 Å². The Morgan fingerprint density at radius 3 is 2.39 bits per heavy atom. The number of nitrogens with zero attached hydrogens (tertiary/aromatic N) is 2. The molecule has 1 N–H and O–H groups in total. The molecule has 0 aromatic heterocycles. The summed E-state index contributed by atoms with van der Waals surface area (Å²) in [5.74, 6) is -1.02. The molecule has 170 valence electrons. The molecule has 1 aromatic rings. The summed E-state index contributed by atoms with van der Waals surface area (Å²) in [4.78, 5) is 40.0. The topological polar surface area (TPSA) is 113 Å². The van der Waals surface area contributed by atoms with Gasteiger partial charge >= 0.3 is 5.97 Å². The molecule has 2 rings (SSSR count). The minimum atomic E-state index is -3.67. The number of nitrogens with one attached hydrogen (secondary N) is 1. The molecule has 1 aliphatic heterocycles. The van der Waals surface area contributed by atoms with E-state index in [-0.39, 0.29) is 41.3 Å². The third kappa shape index (κ3) is 6.63. The molecule has 1 saturated heterocycles. The smallest absolute Gasteiger partial charge is 0.309 e. The summed E-state index contributed by atoms with van der Waals surface area (Å²) in [5.41, 5.74) is 0.277. The molecule has 0 saturated carbocycles. The Kier molecular flexibility index (Phi) is 8.76. The van der Waals surface area contributed by atoms with Crippen LogP contribution in [0.25, 0.3) is 0 Å². The fraction of sp³-hybridized carbons (Fsp3) is 0.476. The molecule has 1 fully saturated rings.